The van der Waals surface area contributed by atoms with Crippen LogP contribution in [0, 0.1) is 0 Å². The molecule has 2 atom stereocenters. The van der Waals surface area contributed by atoms with Crippen molar-refractivity contribution in [3.05, 3.63) is 29.3 Å². The van der Waals surface area contributed by atoms with E-state index in [0.29, 0.717) is 6.42 Å². The maximum absolute atomic E-state index is 9.56. The van der Waals surface area contributed by atoms with E-state index in [1.807, 2.05) is 18.2 Å². The molecule has 0 unspecified atom stereocenters. The molecule has 0 saturated heterocycles. The quantitative estimate of drug-likeness (QED) is 0.664. The molecule has 0 amide bonds. The summed E-state index contributed by atoms with van der Waals surface area (Å²) < 4.78 is 5.19. The Morgan fingerprint density at radius 3 is 3.00 bits per heavy atom. The SMILES string of the molecule is COc1cccc2c1C[C@H](O)[C@@H]2N. The average Bonchev–Trinajstić information content (AvgIpc) is 2.43. The van der Waals surface area contributed by atoms with Crippen LogP contribution >= 0.6 is 0 Å². The Morgan fingerprint density at radius 2 is 2.31 bits per heavy atom. The van der Waals surface area contributed by atoms with Crippen LogP contribution in [0.25, 0.3) is 0 Å². The van der Waals surface area contributed by atoms with Crippen LogP contribution in [0.5, 0.6) is 5.75 Å². The predicted molar refractivity (Wildman–Crippen MR) is 49.6 cm³/mol. The van der Waals surface area contributed by atoms with Crippen LogP contribution in [0.2, 0.25) is 0 Å². The van der Waals surface area contributed by atoms with Gasteiger partial charge in [-0.2, -0.15) is 0 Å². The van der Waals surface area contributed by atoms with E-state index in [1.54, 1.807) is 7.11 Å². The number of hydrogen-bond donors (Lipinski definition) is 2. The van der Waals surface area contributed by atoms with Gasteiger partial charge in [0, 0.05) is 12.0 Å². The molecule has 0 bridgehead atoms. The van der Waals surface area contributed by atoms with Gasteiger partial charge < -0.3 is 15.6 Å². The molecule has 0 radical (unpaired) electrons. The minimum absolute atomic E-state index is 0.259. The van der Waals surface area contributed by atoms with E-state index in [0.717, 1.165) is 16.9 Å². The first-order valence-electron chi connectivity index (χ1n) is 4.33. The van der Waals surface area contributed by atoms with Crippen molar-refractivity contribution in [1.82, 2.24) is 0 Å². The molecule has 1 aliphatic carbocycles. The first-order chi connectivity index (χ1) is 6.24. The third kappa shape index (κ3) is 1.20. The summed E-state index contributed by atoms with van der Waals surface area (Å²) in [6.07, 6.45) is 0.131. The molecule has 3 nitrogen and oxygen atoms in total. The van der Waals surface area contributed by atoms with Gasteiger partial charge in [-0.1, -0.05) is 12.1 Å². The Hall–Kier alpha value is -1.06. The Bertz CT molecular complexity index is 325. The second-order valence-electron chi connectivity index (χ2n) is 3.33. The van der Waals surface area contributed by atoms with Crippen molar-refractivity contribution in [3.63, 3.8) is 0 Å². The molecule has 0 spiro atoms. The fourth-order valence-corrected chi connectivity index (χ4v) is 1.85. The second-order valence-corrected chi connectivity index (χ2v) is 3.33. The minimum atomic E-state index is -0.466. The summed E-state index contributed by atoms with van der Waals surface area (Å²) in [7, 11) is 1.63. The molecular weight excluding hydrogens is 166 g/mol. The van der Waals surface area contributed by atoms with Crippen molar-refractivity contribution in [2.24, 2.45) is 5.73 Å². The van der Waals surface area contributed by atoms with Gasteiger partial charge in [-0.05, 0) is 11.6 Å². The van der Waals surface area contributed by atoms with Gasteiger partial charge in [0.2, 0.25) is 0 Å². The summed E-state index contributed by atoms with van der Waals surface area (Å²) in [5.41, 5.74) is 7.86. The topological polar surface area (TPSA) is 55.5 Å². The van der Waals surface area contributed by atoms with Crippen LogP contribution in [0.4, 0.5) is 0 Å². The second kappa shape index (κ2) is 3.01. The fraction of sp³-hybridized carbons (Fsp3) is 0.400. The number of fused-ring (bicyclic) bond motifs is 1. The fourth-order valence-electron chi connectivity index (χ4n) is 1.85. The highest BCUT2D eigenvalue weighted by Crippen LogP contribution is 2.35. The Morgan fingerprint density at radius 1 is 1.54 bits per heavy atom. The lowest BCUT2D eigenvalue weighted by Crippen LogP contribution is -2.21. The third-order valence-corrected chi connectivity index (χ3v) is 2.58. The lowest BCUT2D eigenvalue weighted by molar-refractivity contribution is 0.158. The smallest absolute Gasteiger partial charge is 0.122 e. The van der Waals surface area contributed by atoms with Crippen LogP contribution in [0.15, 0.2) is 18.2 Å². The van der Waals surface area contributed by atoms with Gasteiger partial charge in [-0.15, -0.1) is 0 Å². The minimum Gasteiger partial charge on any atom is -0.496 e. The monoisotopic (exact) mass is 179 g/mol. The van der Waals surface area contributed by atoms with Crippen molar-refractivity contribution in [1.29, 1.82) is 0 Å². The third-order valence-electron chi connectivity index (χ3n) is 2.58. The van der Waals surface area contributed by atoms with Crippen molar-refractivity contribution in [2.75, 3.05) is 7.11 Å². The number of rotatable bonds is 1. The van der Waals surface area contributed by atoms with Gasteiger partial charge >= 0.3 is 0 Å². The number of benzene rings is 1. The standard InChI is InChI=1S/C10H13NO2/c1-13-9-4-2-3-6-7(9)5-8(12)10(6)11/h2-4,8,10,12H,5,11H2,1H3/t8-,10+/m0/s1. The van der Waals surface area contributed by atoms with Gasteiger partial charge in [0.15, 0.2) is 0 Å². The van der Waals surface area contributed by atoms with Gasteiger partial charge in [0.1, 0.15) is 5.75 Å². The Labute approximate surface area is 77.1 Å². The van der Waals surface area contributed by atoms with E-state index in [2.05, 4.69) is 0 Å². The van der Waals surface area contributed by atoms with Crippen molar-refractivity contribution >= 4 is 0 Å². The normalized spacial score (nSPS) is 25.8. The van der Waals surface area contributed by atoms with E-state index in [9.17, 15) is 5.11 Å². The largest absolute Gasteiger partial charge is 0.496 e. The van der Waals surface area contributed by atoms with E-state index in [-0.39, 0.29) is 6.04 Å². The molecule has 3 heteroatoms. The molecule has 0 aliphatic heterocycles. The van der Waals surface area contributed by atoms with Crippen LogP contribution in [-0.4, -0.2) is 18.3 Å². The molecule has 2 rings (SSSR count). The highest BCUT2D eigenvalue weighted by atomic mass is 16.5. The summed E-state index contributed by atoms with van der Waals surface area (Å²) in [6.45, 7) is 0. The molecule has 0 saturated carbocycles. The number of methoxy groups -OCH3 is 1. The summed E-state index contributed by atoms with van der Waals surface area (Å²) in [5, 5.41) is 9.56. The Kier molecular flexibility index (Phi) is 1.98. The molecule has 1 aliphatic rings. The lowest BCUT2D eigenvalue weighted by atomic mass is 10.1. The maximum atomic E-state index is 9.56. The molecule has 1 aromatic rings. The van der Waals surface area contributed by atoms with Crippen LogP contribution in [-0.2, 0) is 6.42 Å². The summed E-state index contributed by atoms with van der Waals surface area (Å²) in [5.74, 6) is 0.824. The first-order valence-corrected chi connectivity index (χ1v) is 4.33. The van der Waals surface area contributed by atoms with Gasteiger partial charge in [0.25, 0.3) is 0 Å². The number of ether oxygens (including phenoxy) is 1. The predicted octanol–water partition coefficient (Wildman–Crippen LogP) is 0.612. The molecule has 1 aromatic carbocycles. The molecule has 0 fully saturated rings. The zero-order valence-electron chi connectivity index (χ0n) is 7.53. The maximum Gasteiger partial charge on any atom is 0.122 e. The van der Waals surface area contributed by atoms with E-state index >= 15 is 0 Å². The Balaban J connectivity index is 2.49. The summed E-state index contributed by atoms with van der Waals surface area (Å²) >= 11 is 0. The number of aliphatic hydroxyl groups is 1. The zero-order valence-corrected chi connectivity index (χ0v) is 7.53. The van der Waals surface area contributed by atoms with Gasteiger partial charge in [-0.25, -0.2) is 0 Å². The average molecular weight is 179 g/mol. The first kappa shape index (κ1) is 8.53. The van der Waals surface area contributed by atoms with E-state index in [1.165, 1.54) is 0 Å². The number of aliphatic hydroxyl groups excluding tert-OH is 1. The van der Waals surface area contributed by atoms with Crippen molar-refractivity contribution in [3.8, 4) is 5.75 Å². The van der Waals surface area contributed by atoms with Crippen LogP contribution in [0.3, 0.4) is 0 Å². The lowest BCUT2D eigenvalue weighted by Gasteiger charge is -2.08. The molecular formula is C10H13NO2. The van der Waals surface area contributed by atoms with Gasteiger partial charge in [-0.3, -0.25) is 0 Å². The summed E-state index contributed by atoms with van der Waals surface area (Å²) in [4.78, 5) is 0. The molecule has 0 heterocycles. The molecule has 3 N–H and O–H groups in total. The van der Waals surface area contributed by atoms with Crippen LogP contribution in [0.1, 0.15) is 17.2 Å². The highest BCUT2D eigenvalue weighted by Gasteiger charge is 2.29. The van der Waals surface area contributed by atoms with Gasteiger partial charge in [0.05, 0.1) is 19.3 Å². The van der Waals surface area contributed by atoms with E-state index < -0.39 is 6.10 Å². The number of hydrogen-bond acceptors (Lipinski definition) is 3. The highest BCUT2D eigenvalue weighted by molar-refractivity contribution is 5.46. The molecule has 70 valence electrons. The number of nitrogens with two attached hydrogens (primary N) is 1. The molecule has 13 heavy (non-hydrogen) atoms. The summed E-state index contributed by atoms with van der Waals surface area (Å²) in [6, 6.07) is 5.47. The van der Waals surface area contributed by atoms with Crippen molar-refractivity contribution < 1.29 is 9.84 Å². The van der Waals surface area contributed by atoms with Crippen LogP contribution < -0.4 is 10.5 Å². The van der Waals surface area contributed by atoms with Crippen molar-refractivity contribution in [2.45, 2.75) is 18.6 Å². The zero-order chi connectivity index (χ0) is 9.42. The van der Waals surface area contributed by atoms with E-state index in [4.69, 9.17) is 10.5 Å². The molecule has 0 aromatic heterocycles.